The average molecular weight is 384 g/mol. The van der Waals surface area contributed by atoms with Gasteiger partial charge in [-0.15, -0.1) is 0 Å². The molecule has 0 aromatic heterocycles. The lowest BCUT2D eigenvalue weighted by Gasteiger charge is -2.16. The lowest BCUT2D eigenvalue weighted by molar-refractivity contribution is 0.0786. The molecule has 0 aliphatic carbocycles. The Balaban J connectivity index is 1.53. The number of hydrogen-bond acceptors (Lipinski definition) is 2. The van der Waals surface area contributed by atoms with Crippen molar-refractivity contribution >= 4 is 22.6 Å². The predicted molar refractivity (Wildman–Crippen MR) is 115 cm³/mol. The first kappa shape index (κ1) is 17.9. The summed E-state index contributed by atoms with van der Waals surface area (Å²) in [6, 6.07) is 18.3. The number of rotatable bonds is 2. The Morgan fingerprint density at radius 1 is 1.03 bits per heavy atom. The second-order valence-corrected chi connectivity index (χ2v) is 8.42. The minimum absolute atomic E-state index is 0.0869. The van der Waals surface area contributed by atoms with Gasteiger partial charge in [0.1, 0.15) is 0 Å². The van der Waals surface area contributed by atoms with Gasteiger partial charge in [0.25, 0.3) is 11.8 Å². The third-order valence-corrected chi connectivity index (χ3v) is 6.24. The maximum atomic E-state index is 12.9. The fourth-order valence-electron chi connectivity index (χ4n) is 4.60. The van der Waals surface area contributed by atoms with Gasteiger partial charge >= 0.3 is 0 Å². The molecule has 0 radical (unpaired) electrons. The SMILES string of the molecule is CC1CCN(C(=O)c2ccc3c(-c4ccc5c(c4)CN(C)C5=O)cccc3c2)C1. The van der Waals surface area contributed by atoms with E-state index in [1.807, 2.05) is 42.3 Å². The Morgan fingerprint density at radius 3 is 2.69 bits per heavy atom. The smallest absolute Gasteiger partial charge is 0.254 e. The topological polar surface area (TPSA) is 40.6 Å². The van der Waals surface area contributed by atoms with E-state index in [4.69, 9.17) is 0 Å². The zero-order valence-corrected chi connectivity index (χ0v) is 16.8. The number of benzene rings is 3. The maximum Gasteiger partial charge on any atom is 0.254 e. The van der Waals surface area contributed by atoms with E-state index < -0.39 is 0 Å². The molecule has 1 unspecified atom stereocenters. The van der Waals surface area contributed by atoms with Gasteiger partial charge in [-0.3, -0.25) is 9.59 Å². The summed E-state index contributed by atoms with van der Waals surface area (Å²) in [4.78, 5) is 28.8. The van der Waals surface area contributed by atoms with Gasteiger partial charge in [-0.1, -0.05) is 37.3 Å². The molecule has 1 saturated heterocycles. The quantitative estimate of drug-likeness (QED) is 0.649. The highest BCUT2D eigenvalue weighted by Crippen LogP contribution is 2.33. The Hall–Kier alpha value is -3.14. The monoisotopic (exact) mass is 384 g/mol. The van der Waals surface area contributed by atoms with Crippen LogP contribution in [0.25, 0.3) is 21.9 Å². The maximum absolute atomic E-state index is 12.9. The number of carbonyl (C=O) groups excluding carboxylic acids is 2. The molecule has 4 heteroatoms. The zero-order chi connectivity index (χ0) is 20.1. The number of hydrogen-bond donors (Lipinski definition) is 0. The summed E-state index contributed by atoms with van der Waals surface area (Å²) < 4.78 is 0. The first-order valence-electron chi connectivity index (χ1n) is 10.2. The molecule has 3 aromatic rings. The van der Waals surface area contributed by atoms with Crippen LogP contribution in [0.2, 0.25) is 0 Å². The van der Waals surface area contributed by atoms with Gasteiger partial charge in [-0.05, 0) is 64.1 Å². The van der Waals surface area contributed by atoms with E-state index in [1.165, 1.54) is 0 Å². The Kier molecular flexibility index (Phi) is 4.16. The zero-order valence-electron chi connectivity index (χ0n) is 16.8. The largest absolute Gasteiger partial charge is 0.338 e. The average Bonchev–Trinajstić information content (AvgIpc) is 3.29. The molecule has 29 heavy (non-hydrogen) atoms. The van der Waals surface area contributed by atoms with Crippen molar-refractivity contribution in [3.05, 3.63) is 71.3 Å². The van der Waals surface area contributed by atoms with Crippen LogP contribution in [0, 0.1) is 5.92 Å². The van der Waals surface area contributed by atoms with Crippen LogP contribution in [-0.2, 0) is 6.54 Å². The summed E-state index contributed by atoms with van der Waals surface area (Å²) in [6.07, 6.45) is 1.08. The molecule has 3 aromatic carbocycles. The number of carbonyl (C=O) groups is 2. The lowest BCUT2D eigenvalue weighted by Crippen LogP contribution is -2.28. The minimum atomic E-state index is 0.0869. The summed E-state index contributed by atoms with van der Waals surface area (Å²) >= 11 is 0. The summed E-state index contributed by atoms with van der Waals surface area (Å²) in [7, 11) is 1.83. The van der Waals surface area contributed by atoms with Crippen molar-refractivity contribution in [2.24, 2.45) is 5.92 Å². The molecule has 0 saturated carbocycles. The number of nitrogens with zero attached hydrogens (tertiary/aromatic N) is 2. The van der Waals surface area contributed by atoms with Crippen LogP contribution >= 0.6 is 0 Å². The second kappa shape index (κ2) is 6.73. The molecule has 2 amide bonds. The van der Waals surface area contributed by atoms with Crippen molar-refractivity contribution in [1.29, 1.82) is 0 Å². The molecule has 0 N–H and O–H groups in total. The standard InChI is InChI=1S/C25H24N2O2/c1-16-10-11-27(14-16)24(28)19-7-8-22-17(12-19)4-3-5-21(22)18-6-9-23-20(13-18)15-26(2)25(23)29/h3-9,12-13,16H,10-11,14-15H2,1-2H3. The molecule has 146 valence electrons. The van der Waals surface area contributed by atoms with Crippen molar-refractivity contribution in [2.45, 2.75) is 19.9 Å². The van der Waals surface area contributed by atoms with Crippen LogP contribution in [0.15, 0.2) is 54.6 Å². The van der Waals surface area contributed by atoms with Crippen molar-refractivity contribution < 1.29 is 9.59 Å². The van der Waals surface area contributed by atoms with Crippen LogP contribution in [0.3, 0.4) is 0 Å². The van der Waals surface area contributed by atoms with Gasteiger partial charge in [0.05, 0.1) is 0 Å². The predicted octanol–water partition coefficient (Wildman–Crippen LogP) is 4.57. The fourth-order valence-corrected chi connectivity index (χ4v) is 4.60. The third kappa shape index (κ3) is 3.00. The molecule has 2 aliphatic heterocycles. The van der Waals surface area contributed by atoms with E-state index in [1.54, 1.807) is 4.90 Å². The fraction of sp³-hybridized carbons (Fsp3) is 0.280. The number of amides is 2. The normalized spacial score (nSPS) is 18.6. The van der Waals surface area contributed by atoms with E-state index in [0.29, 0.717) is 12.5 Å². The van der Waals surface area contributed by atoms with Crippen molar-refractivity contribution in [3.8, 4) is 11.1 Å². The lowest BCUT2D eigenvalue weighted by atomic mass is 9.94. The van der Waals surface area contributed by atoms with Crippen molar-refractivity contribution in [1.82, 2.24) is 9.80 Å². The summed E-state index contributed by atoms with van der Waals surface area (Å²) in [5.41, 5.74) is 4.85. The molecule has 4 nitrogen and oxygen atoms in total. The van der Waals surface area contributed by atoms with E-state index in [9.17, 15) is 9.59 Å². The van der Waals surface area contributed by atoms with Crippen LogP contribution in [0.4, 0.5) is 0 Å². The van der Waals surface area contributed by atoms with Crippen molar-refractivity contribution in [2.75, 3.05) is 20.1 Å². The van der Waals surface area contributed by atoms with Gasteiger partial charge < -0.3 is 9.80 Å². The van der Waals surface area contributed by atoms with E-state index in [2.05, 4.69) is 31.2 Å². The van der Waals surface area contributed by atoms with Crippen LogP contribution in [0.5, 0.6) is 0 Å². The molecular formula is C25H24N2O2. The van der Waals surface area contributed by atoms with E-state index in [-0.39, 0.29) is 11.8 Å². The second-order valence-electron chi connectivity index (χ2n) is 8.42. The van der Waals surface area contributed by atoms with Gasteiger partial charge in [0.15, 0.2) is 0 Å². The number of fused-ring (bicyclic) bond motifs is 2. The van der Waals surface area contributed by atoms with Crippen LogP contribution < -0.4 is 0 Å². The number of likely N-dealkylation sites (tertiary alicyclic amines) is 1. The van der Waals surface area contributed by atoms with Gasteiger partial charge in [-0.2, -0.15) is 0 Å². The van der Waals surface area contributed by atoms with Gasteiger partial charge in [0.2, 0.25) is 0 Å². The molecule has 0 spiro atoms. The molecule has 1 fully saturated rings. The van der Waals surface area contributed by atoms with Crippen molar-refractivity contribution in [3.63, 3.8) is 0 Å². The molecular weight excluding hydrogens is 360 g/mol. The molecule has 5 rings (SSSR count). The Morgan fingerprint density at radius 2 is 1.90 bits per heavy atom. The Bertz CT molecular complexity index is 1150. The summed E-state index contributed by atoms with van der Waals surface area (Å²) in [5, 5.41) is 2.19. The molecule has 2 heterocycles. The first-order chi connectivity index (χ1) is 14.0. The molecule has 0 bridgehead atoms. The Labute approximate surface area is 170 Å². The highest BCUT2D eigenvalue weighted by Gasteiger charge is 2.25. The minimum Gasteiger partial charge on any atom is -0.338 e. The molecule has 1 atom stereocenters. The van der Waals surface area contributed by atoms with E-state index >= 15 is 0 Å². The van der Waals surface area contributed by atoms with Crippen LogP contribution in [0.1, 0.15) is 39.6 Å². The van der Waals surface area contributed by atoms with Gasteiger partial charge in [0, 0.05) is 37.8 Å². The summed E-state index contributed by atoms with van der Waals surface area (Å²) in [5.74, 6) is 0.793. The van der Waals surface area contributed by atoms with Gasteiger partial charge in [-0.25, -0.2) is 0 Å². The highest BCUT2D eigenvalue weighted by molar-refractivity contribution is 6.04. The summed E-state index contributed by atoms with van der Waals surface area (Å²) in [6.45, 7) is 4.54. The van der Waals surface area contributed by atoms with Crippen LogP contribution in [-0.4, -0.2) is 41.8 Å². The third-order valence-electron chi connectivity index (χ3n) is 6.24. The van der Waals surface area contributed by atoms with E-state index in [0.717, 1.165) is 58.1 Å². The highest BCUT2D eigenvalue weighted by atomic mass is 16.2. The first-order valence-corrected chi connectivity index (χ1v) is 10.2. The molecule has 2 aliphatic rings.